The third-order valence-electron chi connectivity index (χ3n) is 8.26. The predicted molar refractivity (Wildman–Crippen MR) is 158 cm³/mol. The van der Waals surface area contributed by atoms with E-state index in [2.05, 4.69) is 14.7 Å². The number of carbonyl (C=O) groups excluding carboxylic acids is 1. The van der Waals surface area contributed by atoms with Gasteiger partial charge in [0.1, 0.15) is 6.61 Å². The van der Waals surface area contributed by atoms with Crippen LogP contribution in [0.1, 0.15) is 68.9 Å². The molecule has 1 N–H and O–H groups in total. The number of anilines is 1. The molecule has 0 radical (unpaired) electrons. The molecule has 1 aliphatic heterocycles. The van der Waals surface area contributed by atoms with Gasteiger partial charge in [-0.3, -0.25) is 4.79 Å². The maximum absolute atomic E-state index is 13.9. The number of ether oxygens (including phenoxy) is 1. The van der Waals surface area contributed by atoms with Crippen LogP contribution >= 0.6 is 0 Å². The first kappa shape index (κ1) is 30.8. The largest absolute Gasteiger partial charge is 0.475 e. The molecule has 12 heteroatoms. The van der Waals surface area contributed by atoms with Crippen LogP contribution in [0.2, 0.25) is 0 Å². The van der Waals surface area contributed by atoms with E-state index in [4.69, 9.17) is 4.74 Å². The number of nitrogens with one attached hydrogen (secondary N) is 1. The molecular weight excluding hydrogens is 581 g/mol. The fourth-order valence-corrected chi connectivity index (χ4v) is 7.04. The molecule has 1 spiro atoms. The van der Waals surface area contributed by atoms with Crippen molar-refractivity contribution < 1.29 is 32.5 Å². The van der Waals surface area contributed by atoms with E-state index in [-0.39, 0.29) is 29.1 Å². The molecule has 1 atom stereocenters. The van der Waals surface area contributed by atoms with Gasteiger partial charge in [-0.25, -0.2) is 18.1 Å². The van der Waals surface area contributed by atoms with Crippen molar-refractivity contribution in [3.05, 3.63) is 65.2 Å². The Balaban J connectivity index is 0.00000144. The third-order valence-corrected chi connectivity index (χ3v) is 9.59. The summed E-state index contributed by atoms with van der Waals surface area (Å²) < 4.78 is 76.7. The molecule has 2 saturated carbocycles. The van der Waals surface area contributed by atoms with Crippen molar-refractivity contribution in [3.8, 4) is 17.1 Å². The fourth-order valence-electron chi connectivity index (χ4n) is 6.05. The molecule has 2 aromatic carbocycles. The molecule has 1 amide bonds. The van der Waals surface area contributed by atoms with Crippen molar-refractivity contribution >= 4 is 21.9 Å². The lowest BCUT2D eigenvalue weighted by Crippen LogP contribution is -2.56. The smallest absolute Gasteiger partial charge is 0.391 e. The van der Waals surface area contributed by atoms with Gasteiger partial charge in [0.05, 0.1) is 23.1 Å². The summed E-state index contributed by atoms with van der Waals surface area (Å²) in [5.74, 6) is -1.06. The molecule has 4 bridgehead atoms. The van der Waals surface area contributed by atoms with Crippen LogP contribution < -0.4 is 9.46 Å². The van der Waals surface area contributed by atoms with Crippen LogP contribution in [0.5, 0.6) is 5.88 Å². The molecule has 3 aromatic rings. The lowest BCUT2D eigenvalue weighted by Gasteiger charge is -2.47. The van der Waals surface area contributed by atoms with Crippen LogP contribution in [0.4, 0.5) is 19.1 Å². The summed E-state index contributed by atoms with van der Waals surface area (Å²) in [6.07, 6.45) is -2.64. The summed E-state index contributed by atoms with van der Waals surface area (Å²) in [5, 5.41) is 0. The molecule has 232 valence electrons. The van der Waals surface area contributed by atoms with E-state index in [1.807, 2.05) is 45.9 Å². The van der Waals surface area contributed by atoms with E-state index in [9.17, 15) is 26.4 Å². The van der Waals surface area contributed by atoms with Crippen LogP contribution in [-0.4, -0.2) is 54.1 Å². The number of aryl methyl sites for hydroxylation is 2. The lowest BCUT2D eigenvalue weighted by molar-refractivity contribution is -0.151. The SMILES string of the molecule is CC.Cc1cccc(C)c1-c1cc2nc(n1)NS(=O)(=O)c1cccc(c1)C(=O)N(C1CC3(CC3)C1)C(CC(F)(F)F)CO2.[HH]. The minimum atomic E-state index is -4.57. The van der Waals surface area contributed by atoms with Crippen LogP contribution in [-0.2, 0) is 10.0 Å². The van der Waals surface area contributed by atoms with Crippen LogP contribution in [0.25, 0.3) is 11.3 Å². The molecule has 0 saturated heterocycles. The minimum Gasteiger partial charge on any atom is -0.475 e. The number of alkyl halides is 3. The van der Waals surface area contributed by atoms with Crippen molar-refractivity contribution in [2.45, 2.75) is 83.0 Å². The Morgan fingerprint density at radius 1 is 1.05 bits per heavy atom. The van der Waals surface area contributed by atoms with Crippen molar-refractivity contribution in [2.75, 3.05) is 11.3 Å². The highest BCUT2D eigenvalue weighted by molar-refractivity contribution is 7.92. The predicted octanol–water partition coefficient (Wildman–Crippen LogP) is 6.93. The fraction of sp³-hybridized carbons (Fsp3) is 0.452. The zero-order valence-electron chi connectivity index (χ0n) is 24.5. The lowest BCUT2D eigenvalue weighted by atomic mass is 9.75. The van der Waals surface area contributed by atoms with Gasteiger partial charge in [-0.2, -0.15) is 18.2 Å². The minimum absolute atomic E-state index is 0. The Bertz CT molecular complexity index is 1620. The monoisotopic (exact) mass is 618 g/mol. The van der Waals surface area contributed by atoms with E-state index >= 15 is 0 Å². The van der Waals surface area contributed by atoms with Crippen molar-refractivity contribution in [2.24, 2.45) is 5.41 Å². The Morgan fingerprint density at radius 2 is 1.70 bits per heavy atom. The highest BCUT2D eigenvalue weighted by Crippen LogP contribution is 2.62. The van der Waals surface area contributed by atoms with E-state index in [0.29, 0.717) is 18.5 Å². The van der Waals surface area contributed by atoms with Gasteiger partial charge < -0.3 is 9.64 Å². The second kappa shape index (κ2) is 11.4. The number of aromatic nitrogens is 2. The second-order valence-corrected chi connectivity index (χ2v) is 13.1. The molecule has 6 rings (SSSR count). The normalized spacial score (nSPS) is 20.7. The van der Waals surface area contributed by atoms with E-state index in [0.717, 1.165) is 29.5 Å². The molecule has 43 heavy (non-hydrogen) atoms. The average Bonchev–Trinajstić information content (AvgIpc) is 3.72. The van der Waals surface area contributed by atoms with Gasteiger partial charge in [-0.15, -0.1) is 0 Å². The maximum Gasteiger partial charge on any atom is 0.391 e. The highest BCUT2D eigenvalue weighted by atomic mass is 32.2. The van der Waals surface area contributed by atoms with Gasteiger partial charge in [0.2, 0.25) is 11.8 Å². The topological polar surface area (TPSA) is 101 Å². The summed E-state index contributed by atoms with van der Waals surface area (Å²) >= 11 is 0. The standard InChI is InChI=1S/C29H29F3N4O4S.C2H6.H2/c1-17-5-3-6-18(2)25(17)23-12-24-34-27(33-23)35-41(38,39)22-8-4-7-19(11-22)26(37)36(20-13-28(14-20)9-10-28)21(16-40-24)15-29(30,31)32;1-2;/h3-8,11-12,20-21H,9-10,13-16H2,1-2H3,(H,33,34,35);1-2H3;1H. The summed E-state index contributed by atoms with van der Waals surface area (Å²) in [4.78, 5) is 23.5. The molecule has 3 aliphatic rings. The quantitative estimate of drug-likeness (QED) is 0.342. The Hall–Kier alpha value is -3.67. The maximum atomic E-state index is 13.9. The number of amides is 1. The number of hydrogen-bond acceptors (Lipinski definition) is 6. The first-order chi connectivity index (χ1) is 20.3. The molecule has 8 nitrogen and oxygen atoms in total. The highest BCUT2D eigenvalue weighted by Gasteiger charge is 2.56. The van der Waals surface area contributed by atoms with Gasteiger partial charge in [0, 0.05) is 24.7 Å². The van der Waals surface area contributed by atoms with Crippen LogP contribution in [0.3, 0.4) is 0 Å². The summed E-state index contributed by atoms with van der Waals surface area (Å²) in [7, 11) is -4.26. The number of rotatable bonds is 3. The Labute approximate surface area is 251 Å². The summed E-state index contributed by atoms with van der Waals surface area (Å²) in [6.45, 7) is 7.26. The molecular formula is C31H37F3N4O4S. The van der Waals surface area contributed by atoms with Crippen molar-refractivity contribution in [1.29, 1.82) is 0 Å². The van der Waals surface area contributed by atoms with Gasteiger partial charge in [-0.05, 0) is 74.3 Å². The van der Waals surface area contributed by atoms with Gasteiger partial charge in [0.15, 0.2) is 0 Å². The molecule has 2 fully saturated rings. The summed E-state index contributed by atoms with van der Waals surface area (Å²) in [6, 6.07) is 10.7. The van der Waals surface area contributed by atoms with Gasteiger partial charge in [0.25, 0.3) is 15.9 Å². The van der Waals surface area contributed by atoms with E-state index in [1.165, 1.54) is 35.2 Å². The Morgan fingerprint density at radius 3 is 2.33 bits per heavy atom. The number of benzene rings is 2. The number of hydrogen-bond donors (Lipinski definition) is 1. The molecule has 2 heterocycles. The van der Waals surface area contributed by atoms with Gasteiger partial charge in [-0.1, -0.05) is 38.1 Å². The van der Waals surface area contributed by atoms with Crippen LogP contribution in [0, 0.1) is 19.3 Å². The zero-order valence-corrected chi connectivity index (χ0v) is 25.3. The Kier molecular flexibility index (Phi) is 8.19. The first-order valence-corrected chi connectivity index (χ1v) is 15.9. The summed E-state index contributed by atoms with van der Waals surface area (Å²) in [5.41, 5.74) is 2.88. The van der Waals surface area contributed by atoms with E-state index < -0.39 is 47.2 Å². The number of fused-ring (bicyclic) bond motifs is 4. The van der Waals surface area contributed by atoms with Crippen LogP contribution in [0.15, 0.2) is 53.4 Å². The molecule has 2 aliphatic carbocycles. The number of carbonyl (C=O) groups is 1. The molecule has 1 unspecified atom stereocenters. The molecule has 1 aromatic heterocycles. The number of nitrogens with zero attached hydrogens (tertiary/aromatic N) is 3. The third kappa shape index (κ3) is 6.48. The van der Waals surface area contributed by atoms with Crippen molar-refractivity contribution in [3.63, 3.8) is 0 Å². The average molecular weight is 619 g/mol. The number of halogens is 3. The second-order valence-electron chi connectivity index (χ2n) is 11.4. The van der Waals surface area contributed by atoms with E-state index in [1.54, 1.807) is 0 Å². The number of sulfonamides is 1. The first-order valence-electron chi connectivity index (χ1n) is 14.4. The zero-order chi connectivity index (χ0) is 31.2. The van der Waals surface area contributed by atoms with Gasteiger partial charge >= 0.3 is 6.18 Å². The van der Waals surface area contributed by atoms with Crippen molar-refractivity contribution in [1.82, 2.24) is 14.9 Å².